The van der Waals surface area contributed by atoms with Crippen molar-refractivity contribution in [2.45, 2.75) is 45.4 Å². The Balaban J connectivity index is 1.60. The first kappa shape index (κ1) is 15.5. The highest BCUT2D eigenvalue weighted by molar-refractivity contribution is 5.14. The quantitative estimate of drug-likeness (QED) is 0.750. The number of aliphatic hydroxyl groups is 1. The standard InChI is InChI=1S/C17H28N2O/c1-17(2)15(12-16(17)20)18-10-7-11-19(3)13-14-8-5-4-6-9-14/h4-6,8-9,15-16,18,20H,7,10-13H2,1-3H3. The van der Waals surface area contributed by atoms with Crippen molar-refractivity contribution in [1.82, 2.24) is 10.2 Å². The molecule has 2 unspecified atom stereocenters. The largest absolute Gasteiger partial charge is 0.392 e. The van der Waals surface area contributed by atoms with Gasteiger partial charge in [0.25, 0.3) is 0 Å². The molecule has 20 heavy (non-hydrogen) atoms. The molecule has 2 rings (SSSR count). The smallest absolute Gasteiger partial charge is 0.0621 e. The van der Waals surface area contributed by atoms with Crippen LogP contribution in [0.2, 0.25) is 0 Å². The zero-order valence-electron chi connectivity index (χ0n) is 13.0. The van der Waals surface area contributed by atoms with E-state index in [2.05, 4.69) is 61.4 Å². The SMILES string of the molecule is CN(CCCNC1CC(O)C1(C)C)Cc1ccccc1. The maximum atomic E-state index is 9.71. The van der Waals surface area contributed by atoms with Gasteiger partial charge in [-0.15, -0.1) is 0 Å². The van der Waals surface area contributed by atoms with Gasteiger partial charge in [-0.25, -0.2) is 0 Å². The summed E-state index contributed by atoms with van der Waals surface area (Å²) in [6, 6.07) is 11.1. The molecule has 112 valence electrons. The number of nitrogens with one attached hydrogen (secondary N) is 1. The maximum absolute atomic E-state index is 9.71. The van der Waals surface area contributed by atoms with Crippen molar-refractivity contribution < 1.29 is 5.11 Å². The molecule has 0 bridgehead atoms. The topological polar surface area (TPSA) is 35.5 Å². The predicted molar refractivity (Wildman–Crippen MR) is 83.6 cm³/mol. The van der Waals surface area contributed by atoms with Crippen LogP contribution in [0.3, 0.4) is 0 Å². The van der Waals surface area contributed by atoms with Crippen LogP contribution in [0.4, 0.5) is 0 Å². The molecule has 1 aromatic carbocycles. The summed E-state index contributed by atoms with van der Waals surface area (Å²) in [7, 11) is 2.17. The van der Waals surface area contributed by atoms with Crippen LogP contribution in [0, 0.1) is 5.41 Å². The highest BCUT2D eigenvalue weighted by Gasteiger charge is 2.46. The number of aliphatic hydroxyl groups excluding tert-OH is 1. The molecule has 2 atom stereocenters. The van der Waals surface area contributed by atoms with Gasteiger partial charge >= 0.3 is 0 Å². The van der Waals surface area contributed by atoms with Crippen molar-refractivity contribution in [1.29, 1.82) is 0 Å². The average Bonchev–Trinajstić information content (AvgIpc) is 2.43. The van der Waals surface area contributed by atoms with Gasteiger partial charge in [0.1, 0.15) is 0 Å². The molecule has 3 nitrogen and oxygen atoms in total. The van der Waals surface area contributed by atoms with Gasteiger partial charge in [-0.2, -0.15) is 0 Å². The number of hydrogen-bond donors (Lipinski definition) is 2. The fourth-order valence-electron chi connectivity index (χ4n) is 2.85. The minimum absolute atomic E-state index is 0.0376. The summed E-state index contributed by atoms with van der Waals surface area (Å²) < 4.78 is 0. The highest BCUT2D eigenvalue weighted by Crippen LogP contribution is 2.40. The minimum atomic E-state index is -0.138. The Hall–Kier alpha value is -0.900. The third kappa shape index (κ3) is 3.81. The second-order valence-corrected chi connectivity index (χ2v) is 6.66. The lowest BCUT2D eigenvalue weighted by atomic mass is 9.64. The normalized spacial score (nSPS) is 24.6. The summed E-state index contributed by atoms with van der Waals surface area (Å²) >= 11 is 0. The van der Waals surface area contributed by atoms with Crippen molar-refractivity contribution >= 4 is 0 Å². The summed E-state index contributed by atoms with van der Waals surface area (Å²) in [5, 5.41) is 13.3. The van der Waals surface area contributed by atoms with Crippen LogP contribution in [0.25, 0.3) is 0 Å². The lowest BCUT2D eigenvalue weighted by Gasteiger charge is -2.49. The van der Waals surface area contributed by atoms with Gasteiger partial charge in [-0.05, 0) is 38.5 Å². The van der Waals surface area contributed by atoms with E-state index in [1.165, 1.54) is 5.56 Å². The predicted octanol–water partition coefficient (Wildman–Crippen LogP) is 2.26. The third-order valence-electron chi connectivity index (χ3n) is 4.62. The van der Waals surface area contributed by atoms with Crippen molar-refractivity contribution in [2.24, 2.45) is 5.41 Å². The van der Waals surface area contributed by atoms with Gasteiger partial charge in [0.2, 0.25) is 0 Å². The molecule has 0 saturated heterocycles. The number of nitrogens with zero attached hydrogens (tertiary/aromatic N) is 1. The Kier molecular flexibility index (Phi) is 5.19. The molecule has 1 fully saturated rings. The van der Waals surface area contributed by atoms with Crippen molar-refractivity contribution in [3.63, 3.8) is 0 Å². The monoisotopic (exact) mass is 276 g/mol. The van der Waals surface area contributed by atoms with E-state index in [0.29, 0.717) is 6.04 Å². The van der Waals surface area contributed by atoms with E-state index >= 15 is 0 Å². The molecule has 0 heterocycles. The van der Waals surface area contributed by atoms with E-state index in [4.69, 9.17) is 0 Å². The second kappa shape index (κ2) is 6.70. The van der Waals surface area contributed by atoms with Crippen LogP contribution in [0.5, 0.6) is 0 Å². The molecule has 3 heteroatoms. The summed E-state index contributed by atoms with van der Waals surface area (Å²) in [4.78, 5) is 2.36. The first-order valence-corrected chi connectivity index (χ1v) is 7.64. The molecule has 0 radical (unpaired) electrons. The van der Waals surface area contributed by atoms with Crippen molar-refractivity contribution in [3.8, 4) is 0 Å². The minimum Gasteiger partial charge on any atom is -0.392 e. The van der Waals surface area contributed by atoms with E-state index in [0.717, 1.165) is 32.5 Å². The second-order valence-electron chi connectivity index (χ2n) is 6.66. The van der Waals surface area contributed by atoms with Crippen LogP contribution >= 0.6 is 0 Å². The van der Waals surface area contributed by atoms with Crippen LogP contribution < -0.4 is 5.32 Å². The molecule has 0 spiro atoms. The Morgan fingerprint density at radius 1 is 1.30 bits per heavy atom. The van der Waals surface area contributed by atoms with Crippen LogP contribution in [-0.2, 0) is 6.54 Å². The fourth-order valence-corrected chi connectivity index (χ4v) is 2.85. The average molecular weight is 276 g/mol. The highest BCUT2D eigenvalue weighted by atomic mass is 16.3. The molecule has 1 aromatic rings. The molecule has 1 aliphatic rings. The molecule has 1 aliphatic carbocycles. The van der Waals surface area contributed by atoms with Gasteiger partial charge < -0.3 is 15.3 Å². The van der Waals surface area contributed by atoms with E-state index in [1.54, 1.807) is 0 Å². The summed E-state index contributed by atoms with van der Waals surface area (Å²) in [6.45, 7) is 7.41. The van der Waals surface area contributed by atoms with Gasteiger partial charge in [0.15, 0.2) is 0 Å². The van der Waals surface area contributed by atoms with Gasteiger partial charge in [0, 0.05) is 18.0 Å². The van der Waals surface area contributed by atoms with E-state index in [9.17, 15) is 5.11 Å². The first-order chi connectivity index (χ1) is 9.50. The summed E-state index contributed by atoms with van der Waals surface area (Å²) in [6.07, 6.45) is 1.90. The molecule has 2 N–H and O–H groups in total. The molecule has 0 aromatic heterocycles. The first-order valence-electron chi connectivity index (χ1n) is 7.64. The maximum Gasteiger partial charge on any atom is 0.0621 e. The zero-order chi connectivity index (χ0) is 14.6. The molecular formula is C17H28N2O. The number of hydrogen-bond acceptors (Lipinski definition) is 3. The zero-order valence-corrected chi connectivity index (χ0v) is 13.0. The van der Waals surface area contributed by atoms with Crippen LogP contribution in [0.1, 0.15) is 32.3 Å². The van der Waals surface area contributed by atoms with Gasteiger partial charge in [-0.3, -0.25) is 0 Å². The Bertz CT molecular complexity index is 405. The fraction of sp³-hybridized carbons (Fsp3) is 0.647. The Morgan fingerprint density at radius 2 is 2.00 bits per heavy atom. The Labute approximate surface area is 123 Å². The van der Waals surface area contributed by atoms with E-state index in [-0.39, 0.29) is 11.5 Å². The van der Waals surface area contributed by atoms with Crippen molar-refractivity contribution in [2.75, 3.05) is 20.1 Å². The number of benzene rings is 1. The van der Waals surface area contributed by atoms with Crippen molar-refractivity contribution in [3.05, 3.63) is 35.9 Å². The summed E-state index contributed by atoms with van der Waals surface area (Å²) in [5.74, 6) is 0. The number of rotatable bonds is 7. The van der Waals surface area contributed by atoms with Gasteiger partial charge in [0.05, 0.1) is 6.10 Å². The van der Waals surface area contributed by atoms with Gasteiger partial charge in [-0.1, -0.05) is 44.2 Å². The molecule has 0 amide bonds. The molecular weight excluding hydrogens is 248 g/mol. The lowest BCUT2D eigenvalue weighted by Crippen LogP contribution is -2.60. The lowest BCUT2D eigenvalue weighted by molar-refractivity contribution is -0.0723. The summed E-state index contributed by atoms with van der Waals surface area (Å²) in [5.41, 5.74) is 1.40. The van der Waals surface area contributed by atoms with Crippen LogP contribution in [0.15, 0.2) is 30.3 Å². The van der Waals surface area contributed by atoms with E-state index < -0.39 is 0 Å². The van der Waals surface area contributed by atoms with Crippen LogP contribution in [-0.4, -0.2) is 42.3 Å². The molecule has 0 aliphatic heterocycles. The Morgan fingerprint density at radius 3 is 2.60 bits per heavy atom. The third-order valence-corrected chi connectivity index (χ3v) is 4.62. The molecule has 1 saturated carbocycles. The van der Waals surface area contributed by atoms with E-state index in [1.807, 2.05) is 0 Å².